The van der Waals surface area contributed by atoms with Crippen LogP contribution in [0.5, 0.6) is 0 Å². The van der Waals surface area contributed by atoms with E-state index in [9.17, 15) is 9.36 Å². The van der Waals surface area contributed by atoms with Gasteiger partial charge in [-0.2, -0.15) is 0 Å². The quantitative estimate of drug-likeness (QED) is 0.586. The third-order valence-corrected chi connectivity index (χ3v) is 5.76. The normalized spacial score (nSPS) is 29.1. The summed E-state index contributed by atoms with van der Waals surface area (Å²) in [4.78, 5) is 12.4. The van der Waals surface area contributed by atoms with Crippen molar-refractivity contribution in [3.05, 3.63) is 28.2 Å². The Hall–Kier alpha value is -0.730. The summed E-state index contributed by atoms with van der Waals surface area (Å²) in [6.07, 6.45) is 0. The van der Waals surface area contributed by atoms with Crippen molar-refractivity contribution in [3.63, 3.8) is 0 Å². The number of rotatable bonds is 2. The molecule has 2 N–H and O–H groups in total. The van der Waals surface area contributed by atoms with Crippen LogP contribution in [0.25, 0.3) is 0 Å². The number of benzene rings is 1. The number of carbonyl (C=O) groups excluding carboxylic acids is 1. The summed E-state index contributed by atoms with van der Waals surface area (Å²) < 4.78 is 26.6. The number of amides is 1. The van der Waals surface area contributed by atoms with Crippen molar-refractivity contribution in [2.75, 3.05) is 25.1 Å². The zero-order valence-electron chi connectivity index (χ0n) is 11.5. The first kappa shape index (κ1) is 17.1. The number of hydrogen-bond acceptors (Lipinski definition) is 6. The second kappa shape index (κ2) is 6.29. The molecule has 0 spiro atoms. The zero-order chi connectivity index (χ0) is 16.7. The van der Waals surface area contributed by atoms with E-state index >= 15 is 0 Å². The maximum absolute atomic E-state index is 12.4. The molecule has 1 aromatic carbocycles. The van der Waals surface area contributed by atoms with Gasteiger partial charge in [0.2, 0.25) is 5.91 Å². The van der Waals surface area contributed by atoms with Crippen molar-refractivity contribution in [3.8, 4) is 0 Å². The SMILES string of the molecule is O=C(NC(=S)Nc1cccc(Cl)c1Cl)C12COP(=O)(OC1)OC2. The van der Waals surface area contributed by atoms with Gasteiger partial charge in [0.15, 0.2) is 5.11 Å². The lowest BCUT2D eigenvalue weighted by molar-refractivity contribution is -0.150. The van der Waals surface area contributed by atoms with E-state index in [1.807, 2.05) is 0 Å². The maximum atomic E-state index is 12.4. The van der Waals surface area contributed by atoms with Gasteiger partial charge in [0.25, 0.3) is 0 Å². The summed E-state index contributed by atoms with van der Waals surface area (Å²) >= 11 is 17.0. The largest absolute Gasteiger partial charge is 0.474 e. The van der Waals surface area contributed by atoms with Crippen LogP contribution < -0.4 is 10.6 Å². The summed E-state index contributed by atoms with van der Waals surface area (Å²) in [5.74, 6) is -0.459. The summed E-state index contributed by atoms with van der Waals surface area (Å²) in [6, 6.07) is 4.98. The molecule has 3 saturated heterocycles. The van der Waals surface area contributed by atoms with E-state index in [2.05, 4.69) is 10.6 Å². The molecule has 2 bridgehead atoms. The Labute approximate surface area is 147 Å². The minimum atomic E-state index is -3.47. The topological polar surface area (TPSA) is 85.9 Å². The van der Waals surface area contributed by atoms with Gasteiger partial charge in [-0.15, -0.1) is 0 Å². The molecule has 0 aromatic heterocycles. The Morgan fingerprint density at radius 2 is 1.83 bits per heavy atom. The second-order valence-corrected chi connectivity index (χ2v) is 7.92. The number of nitrogens with one attached hydrogen (secondary N) is 2. The Balaban J connectivity index is 1.65. The predicted molar refractivity (Wildman–Crippen MR) is 88.7 cm³/mol. The first-order valence-corrected chi connectivity index (χ1v) is 9.06. The average molecular weight is 397 g/mol. The van der Waals surface area contributed by atoms with Crippen LogP contribution in [0.3, 0.4) is 0 Å². The monoisotopic (exact) mass is 396 g/mol. The highest BCUT2D eigenvalue weighted by atomic mass is 35.5. The van der Waals surface area contributed by atoms with Gasteiger partial charge >= 0.3 is 7.82 Å². The van der Waals surface area contributed by atoms with Gasteiger partial charge in [-0.1, -0.05) is 29.3 Å². The van der Waals surface area contributed by atoms with E-state index < -0.39 is 19.1 Å². The molecule has 4 rings (SSSR count). The number of anilines is 1. The van der Waals surface area contributed by atoms with Gasteiger partial charge in [-0.25, -0.2) is 4.57 Å². The van der Waals surface area contributed by atoms with E-state index in [-0.39, 0.29) is 30.0 Å². The van der Waals surface area contributed by atoms with Gasteiger partial charge in [-0.3, -0.25) is 18.4 Å². The second-order valence-electron chi connectivity index (χ2n) is 5.06. The number of phosphoric ester groups is 1. The molecule has 7 nitrogen and oxygen atoms in total. The smallest absolute Gasteiger partial charge is 0.331 e. The van der Waals surface area contributed by atoms with Gasteiger partial charge < -0.3 is 10.6 Å². The number of hydrogen-bond donors (Lipinski definition) is 2. The minimum Gasteiger partial charge on any atom is -0.331 e. The molecular weight excluding hydrogens is 386 g/mol. The highest BCUT2D eigenvalue weighted by molar-refractivity contribution is 7.80. The van der Waals surface area contributed by atoms with Crippen molar-refractivity contribution in [2.45, 2.75) is 0 Å². The molecule has 0 saturated carbocycles. The molecule has 0 atom stereocenters. The summed E-state index contributed by atoms with van der Waals surface area (Å²) in [6.45, 7) is -0.177. The van der Waals surface area contributed by atoms with E-state index in [4.69, 9.17) is 49.0 Å². The molecule has 1 aromatic rings. The van der Waals surface area contributed by atoms with Gasteiger partial charge in [0.05, 0.1) is 35.6 Å². The van der Waals surface area contributed by atoms with Crippen LogP contribution >= 0.6 is 43.2 Å². The maximum Gasteiger partial charge on any atom is 0.474 e. The molecule has 124 valence electrons. The molecular formula is C12H11Cl2N2O5PS. The van der Waals surface area contributed by atoms with Crippen molar-refractivity contribution in [1.82, 2.24) is 5.32 Å². The van der Waals surface area contributed by atoms with Crippen molar-refractivity contribution in [1.29, 1.82) is 0 Å². The molecule has 3 fully saturated rings. The molecule has 3 heterocycles. The Kier molecular flexibility index (Phi) is 4.68. The van der Waals surface area contributed by atoms with Gasteiger partial charge in [0.1, 0.15) is 5.41 Å². The fourth-order valence-corrected chi connectivity index (χ4v) is 4.02. The number of thiocarbonyl (C=S) groups is 1. The summed E-state index contributed by atoms with van der Waals surface area (Å²) in [7, 11) is -3.47. The molecule has 11 heteroatoms. The number of fused-ring (bicyclic) bond motifs is 3. The molecule has 1 amide bonds. The molecule has 23 heavy (non-hydrogen) atoms. The van der Waals surface area contributed by atoms with Crippen LogP contribution in [0.1, 0.15) is 0 Å². The van der Waals surface area contributed by atoms with Crippen LogP contribution in [-0.2, 0) is 22.9 Å². The molecule has 3 aliphatic heterocycles. The Morgan fingerprint density at radius 1 is 1.22 bits per heavy atom. The number of carbonyl (C=O) groups is 1. The van der Waals surface area contributed by atoms with Crippen molar-refractivity contribution in [2.24, 2.45) is 5.41 Å². The highest BCUT2D eigenvalue weighted by Gasteiger charge is 2.55. The molecule has 3 aliphatic rings. The van der Waals surface area contributed by atoms with Crippen LogP contribution in [0.2, 0.25) is 10.0 Å². The van der Waals surface area contributed by atoms with Crippen LogP contribution in [0.15, 0.2) is 18.2 Å². The zero-order valence-corrected chi connectivity index (χ0v) is 14.7. The van der Waals surface area contributed by atoms with E-state index in [1.54, 1.807) is 18.2 Å². The Bertz CT molecular complexity index is 700. The molecule has 0 aliphatic carbocycles. The highest BCUT2D eigenvalue weighted by Crippen LogP contribution is 2.59. The van der Waals surface area contributed by atoms with E-state index in [1.165, 1.54) is 0 Å². The summed E-state index contributed by atoms with van der Waals surface area (Å²) in [5, 5.41) is 5.99. The summed E-state index contributed by atoms with van der Waals surface area (Å²) in [5.41, 5.74) is -0.627. The average Bonchev–Trinajstić information content (AvgIpc) is 2.53. The van der Waals surface area contributed by atoms with Crippen LogP contribution in [0.4, 0.5) is 5.69 Å². The van der Waals surface area contributed by atoms with Crippen molar-refractivity contribution >= 4 is 59.9 Å². The van der Waals surface area contributed by atoms with Gasteiger partial charge in [-0.05, 0) is 24.4 Å². The fourth-order valence-electron chi connectivity index (χ4n) is 2.03. The number of phosphoric acid groups is 1. The van der Waals surface area contributed by atoms with Crippen molar-refractivity contribution < 1.29 is 22.9 Å². The number of halogens is 2. The lowest BCUT2D eigenvalue weighted by Crippen LogP contribution is -2.56. The first-order chi connectivity index (χ1) is 10.8. The first-order valence-electron chi connectivity index (χ1n) is 6.44. The molecule has 0 radical (unpaired) electrons. The van der Waals surface area contributed by atoms with E-state index in [0.717, 1.165) is 0 Å². The fraction of sp³-hybridized carbons (Fsp3) is 0.333. The lowest BCUT2D eigenvalue weighted by atomic mass is 9.90. The predicted octanol–water partition coefficient (Wildman–Crippen LogP) is 2.98. The standard InChI is InChI=1S/C12H11Cl2N2O5PS/c13-7-2-1-3-8(9(7)14)15-11(23)16-10(17)12-4-19-22(18,20-5-12)21-6-12/h1-3H,4-6H2,(H2,15,16,17,23). The third-order valence-electron chi connectivity index (χ3n) is 3.41. The third kappa shape index (κ3) is 3.39. The molecule has 0 unspecified atom stereocenters. The Morgan fingerprint density at radius 3 is 2.43 bits per heavy atom. The van der Waals surface area contributed by atoms with Crippen LogP contribution in [0, 0.1) is 5.41 Å². The lowest BCUT2D eigenvalue weighted by Gasteiger charge is -2.42. The minimum absolute atomic E-state index is 0.0351. The van der Waals surface area contributed by atoms with E-state index in [0.29, 0.717) is 10.7 Å². The van der Waals surface area contributed by atoms with Gasteiger partial charge in [0, 0.05) is 0 Å². The van der Waals surface area contributed by atoms with Crippen LogP contribution in [-0.4, -0.2) is 30.8 Å².